The van der Waals surface area contributed by atoms with E-state index >= 15 is 0 Å². The molecule has 4 rings (SSSR count). The van der Waals surface area contributed by atoms with Gasteiger partial charge in [-0.05, 0) is 60.8 Å². The number of hydrogen-bond acceptors (Lipinski definition) is 2. The van der Waals surface area contributed by atoms with Crippen molar-refractivity contribution in [1.29, 1.82) is 0 Å². The van der Waals surface area contributed by atoms with Crippen LogP contribution in [0.5, 0.6) is 5.75 Å². The molecule has 4 bridgehead atoms. The molecule has 0 amide bonds. The van der Waals surface area contributed by atoms with Crippen LogP contribution in [-0.2, 0) is 0 Å². The zero-order chi connectivity index (χ0) is 10.7. The third-order valence-electron chi connectivity index (χ3n) is 4.87. The maximum atomic E-state index is 5.35. The van der Waals surface area contributed by atoms with Gasteiger partial charge >= 0.3 is 0 Å². The van der Waals surface area contributed by atoms with Gasteiger partial charge < -0.3 is 10.1 Å². The average molecular weight is 215 g/mol. The van der Waals surface area contributed by atoms with E-state index in [1.54, 1.807) is 7.11 Å². The highest BCUT2D eigenvalue weighted by molar-refractivity contribution is 5.60. The Hall–Kier alpha value is -1.18. The summed E-state index contributed by atoms with van der Waals surface area (Å²) < 4.78 is 5.35. The summed E-state index contributed by atoms with van der Waals surface area (Å²) in [6.07, 6.45) is 4.24. The monoisotopic (exact) mass is 215 g/mol. The standard InChI is InChI=1S/C14H17NO/c1-16-9-3-5-12-11(7-9)14-8-2-4-10(14)13(6-8)15-12/h3,5,7-8,10,13-15H,2,4,6H2,1H3. The van der Waals surface area contributed by atoms with Gasteiger partial charge in [-0.1, -0.05) is 0 Å². The Balaban J connectivity index is 1.85. The molecule has 0 saturated heterocycles. The highest BCUT2D eigenvalue weighted by Crippen LogP contribution is 2.59. The predicted octanol–water partition coefficient (Wildman–Crippen LogP) is 3.00. The van der Waals surface area contributed by atoms with Gasteiger partial charge in [-0.25, -0.2) is 0 Å². The lowest BCUT2D eigenvalue weighted by molar-refractivity contribution is 0.411. The Morgan fingerprint density at radius 2 is 2.25 bits per heavy atom. The van der Waals surface area contributed by atoms with Crippen molar-refractivity contribution in [3.8, 4) is 5.75 Å². The zero-order valence-corrected chi connectivity index (χ0v) is 9.57. The quantitative estimate of drug-likeness (QED) is 0.777. The van der Waals surface area contributed by atoms with Gasteiger partial charge in [-0.2, -0.15) is 0 Å². The van der Waals surface area contributed by atoms with Crippen LogP contribution in [0.3, 0.4) is 0 Å². The number of anilines is 1. The van der Waals surface area contributed by atoms with Crippen LogP contribution in [0.2, 0.25) is 0 Å². The second kappa shape index (κ2) is 2.93. The molecule has 2 saturated carbocycles. The first-order valence-electron chi connectivity index (χ1n) is 6.31. The number of rotatable bonds is 1. The van der Waals surface area contributed by atoms with E-state index in [0.717, 1.165) is 29.5 Å². The Morgan fingerprint density at radius 1 is 1.31 bits per heavy atom. The fraction of sp³-hybridized carbons (Fsp3) is 0.571. The van der Waals surface area contributed by atoms with Gasteiger partial charge in [0.15, 0.2) is 0 Å². The van der Waals surface area contributed by atoms with Gasteiger partial charge in [-0.3, -0.25) is 0 Å². The summed E-state index contributed by atoms with van der Waals surface area (Å²) in [6.45, 7) is 0. The highest BCUT2D eigenvalue weighted by Gasteiger charge is 2.51. The molecule has 2 heteroatoms. The predicted molar refractivity (Wildman–Crippen MR) is 64.0 cm³/mol. The molecule has 16 heavy (non-hydrogen) atoms. The maximum Gasteiger partial charge on any atom is 0.119 e. The Labute approximate surface area is 96.0 Å². The van der Waals surface area contributed by atoms with Gasteiger partial charge in [0.2, 0.25) is 0 Å². The second-order valence-electron chi connectivity index (χ2n) is 5.47. The van der Waals surface area contributed by atoms with E-state index in [2.05, 4.69) is 23.5 Å². The summed E-state index contributed by atoms with van der Waals surface area (Å²) in [5.74, 6) is 3.64. The molecule has 1 N–H and O–H groups in total. The van der Waals surface area contributed by atoms with E-state index in [9.17, 15) is 0 Å². The van der Waals surface area contributed by atoms with Crippen molar-refractivity contribution in [3.05, 3.63) is 23.8 Å². The first-order valence-corrected chi connectivity index (χ1v) is 6.31. The van der Waals surface area contributed by atoms with Crippen LogP contribution in [0.25, 0.3) is 0 Å². The number of benzene rings is 1. The van der Waals surface area contributed by atoms with Crippen molar-refractivity contribution < 1.29 is 4.74 Å². The van der Waals surface area contributed by atoms with E-state index in [1.807, 2.05) is 0 Å². The summed E-state index contributed by atoms with van der Waals surface area (Å²) in [6, 6.07) is 7.26. The molecular weight excluding hydrogens is 198 g/mol. The number of fused-ring (bicyclic) bond motifs is 1. The molecule has 1 aliphatic heterocycles. The van der Waals surface area contributed by atoms with Gasteiger partial charge in [-0.15, -0.1) is 0 Å². The van der Waals surface area contributed by atoms with Gasteiger partial charge in [0.25, 0.3) is 0 Å². The molecule has 2 aliphatic carbocycles. The molecule has 0 radical (unpaired) electrons. The minimum atomic E-state index is 0.754. The summed E-state index contributed by atoms with van der Waals surface area (Å²) in [5, 5.41) is 3.72. The second-order valence-corrected chi connectivity index (χ2v) is 5.47. The van der Waals surface area contributed by atoms with Crippen LogP contribution >= 0.6 is 0 Å². The van der Waals surface area contributed by atoms with Crippen molar-refractivity contribution in [2.45, 2.75) is 31.2 Å². The van der Waals surface area contributed by atoms with E-state index < -0.39 is 0 Å². The molecule has 2 nitrogen and oxygen atoms in total. The molecule has 0 aromatic heterocycles. The molecular formula is C14H17NO. The summed E-state index contributed by atoms with van der Waals surface area (Å²) in [7, 11) is 1.75. The molecule has 4 atom stereocenters. The molecule has 84 valence electrons. The molecule has 3 aliphatic rings. The smallest absolute Gasteiger partial charge is 0.119 e. The first kappa shape index (κ1) is 8.91. The van der Waals surface area contributed by atoms with Crippen molar-refractivity contribution in [2.75, 3.05) is 12.4 Å². The zero-order valence-electron chi connectivity index (χ0n) is 9.57. The average Bonchev–Trinajstić information content (AvgIpc) is 2.84. The van der Waals surface area contributed by atoms with E-state index in [4.69, 9.17) is 4.74 Å². The van der Waals surface area contributed by atoms with Crippen molar-refractivity contribution >= 4 is 5.69 Å². The van der Waals surface area contributed by atoms with Crippen molar-refractivity contribution in [1.82, 2.24) is 0 Å². The summed E-state index contributed by atoms with van der Waals surface area (Å²) in [4.78, 5) is 0. The van der Waals surface area contributed by atoms with E-state index in [-0.39, 0.29) is 0 Å². The fourth-order valence-corrected chi connectivity index (χ4v) is 4.26. The Kier molecular flexibility index (Phi) is 1.63. The third-order valence-corrected chi connectivity index (χ3v) is 4.87. The molecule has 1 heterocycles. The van der Waals surface area contributed by atoms with Crippen LogP contribution < -0.4 is 10.1 Å². The first-order chi connectivity index (χ1) is 7.86. The molecule has 1 aromatic carbocycles. The van der Waals surface area contributed by atoms with Crippen LogP contribution in [0, 0.1) is 11.8 Å². The van der Waals surface area contributed by atoms with Crippen LogP contribution in [0.1, 0.15) is 30.7 Å². The van der Waals surface area contributed by atoms with Gasteiger partial charge in [0.1, 0.15) is 5.75 Å². The van der Waals surface area contributed by atoms with Crippen molar-refractivity contribution in [2.24, 2.45) is 11.8 Å². The SMILES string of the molecule is COc1ccc2c(c1)C1C3CCC1C(C3)N2. The van der Waals surface area contributed by atoms with Crippen LogP contribution in [0.4, 0.5) is 5.69 Å². The third kappa shape index (κ3) is 0.977. The van der Waals surface area contributed by atoms with E-state index in [0.29, 0.717) is 0 Å². The summed E-state index contributed by atoms with van der Waals surface area (Å²) >= 11 is 0. The van der Waals surface area contributed by atoms with Crippen LogP contribution in [0.15, 0.2) is 18.2 Å². The fourth-order valence-electron chi connectivity index (χ4n) is 4.26. The lowest BCUT2D eigenvalue weighted by Gasteiger charge is -2.31. The van der Waals surface area contributed by atoms with Crippen molar-refractivity contribution in [3.63, 3.8) is 0 Å². The Bertz CT molecular complexity index is 442. The highest BCUT2D eigenvalue weighted by atomic mass is 16.5. The molecule has 4 unspecified atom stereocenters. The number of hydrogen-bond donors (Lipinski definition) is 1. The number of nitrogens with one attached hydrogen (secondary N) is 1. The number of methoxy groups -OCH3 is 1. The lowest BCUT2D eigenvalue weighted by atomic mass is 9.84. The van der Waals surface area contributed by atoms with Crippen LogP contribution in [-0.4, -0.2) is 13.2 Å². The lowest BCUT2D eigenvalue weighted by Crippen LogP contribution is -2.30. The minimum Gasteiger partial charge on any atom is -0.497 e. The normalized spacial score (nSPS) is 38.1. The largest absolute Gasteiger partial charge is 0.497 e. The summed E-state index contributed by atoms with van der Waals surface area (Å²) in [5.41, 5.74) is 2.87. The topological polar surface area (TPSA) is 21.3 Å². The maximum absolute atomic E-state index is 5.35. The number of ether oxygens (including phenoxy) is 1. The van der Waals surface area contributed by atoms with Gasteiger partial charge in [0.05, 0.1) is 7.11 Å². The molecule has 0 spiro atoms. The Morgan fingerprint density at radius 3 is 3.12 bits per heavy atom. The van der Waals surface area contributed by atoms with E-state index in [1.165, 1.54) is 30.5 Å². The minimum absolute atomic E-state index is 0.754. The molecule has 1 aromatic rings. The van der Waals surface area contributed by atoms with Gasteiger partial charge in [0, 0.05) is 11.7 Å². The molecule has 2 fully saturated rings.